The summed E-state index contributed by atoms with van der Waals surface area (Å²) in [6.45, 7) is 0. The highest BCUT2D eigenvalue weighted by Crippen LogP contribution is 2.32. The van der Waals surface area contributed by atoms with Crippen molar-refractivity contribution in [2.24, 2.45) is 5.10 Å². The summed E-state index contributed by atoms with van der Waals surface area (Å²) in [5.74, 6) is -0.954. The standard InChI is InChI=1S/C17H15BrClN3O4/c1-26-14-7-11(18)6-10(17(14)25)9-20-22-16(24)8-15(23)21-13-4-2-12(19)3-5-13/h2-7,9,25H,8H2,1H3,(H,21,23)(H,22,24)/b20-9+. The average Bonchev–Trinajstić information content (AvgIpc) is 2.59. The van der Waals surface area contributed by atoms with Gasteiger partial charge in [0.05, 0.1) is 13.3 Å². The van der Waals surface area contributed by atoms with E-state index in [0.29, 0.717) is 20.7 Å². The summed E-state index contributed by atoms with van der Waals surface area (Å²) in [4.78, 5) is 23.6. The van der Waals surface area contributed by atoms with E-state index in [1.807, 2.05) is 0 Å². The van der Waals surface area contributed by atoms with Crippen molar-refractivity contribution in [2.75, 3.05) is 12.4 Å². The Bertz CT molecular complexity index is 841. The predicted octanol–water partition coefficient (Wildman–Crippen LogP) is 3.30. The van der Waals surface area contributed by atoms with E-state index >= 15 is 0 Å². The molecule has 0 aliphatic rings. The lowest BCUT2D eigenvalue weighted by Crippen LogP contribution is -2.24. The number of anilines is 1. The molecule has 26 heavy (non-hydrogen) atoms. The molecule has 0 aliphatic carbocycles. The third kappa shape index (κ3) is 5.75. The lowest BCUT2D eigenvalue weighted by atomic mass is 10.2. The van der Waals surface area contributed by atoms with Crippen LogP contribution in [0.1, 0.15) is 12.0 Å². The maximum atomic E-state index is 11.8. The number of carbonyl (C=O) groups excluding carboxylic acids is 2. The van der Waals surface area contributed by atoms with Crippen molar-refractivity contribution < 1.29 is 19.4 Å². The molecule has 0 radical (unpaired) electrons. The van der Waals surface area contributed by atoms with Gasteiger partial charge >= 0.3 is 0 Å². The maximum Gasteiger partial charge on any atom is 0.249 e. The first-order valence-corrected chi connectivity index (χ1v) is 8.50. The topological polar surface area (TPSA) is 100 Å². The molecule has 7 nitrogen and oxygen atoms in total. The van der Waals surface area contributed by atoms with Gasteiger partial charge in [-0.25, -0.2) is 5.43 Å². The Kier molecular flexibility index (Phi) is 6.99. The zero-order valence-corrected chi connectivity index (χ0v) is 16.0. The van der Waals surface area contributed by atoms with Gasteiger partial charge in [-0.15, -0.1) is 0 Å². The quantitative estimate of drug-likeness (QED) is 0.364. The van der Waals surface area contributed by atoms with Gasteiger partial charge in [-0.1, -0.05) is 27.5 Å². The molecule has 0 spiro atoms. The molecule has 0 aliphatic heterocycles. The van der Waals surface area contributed by atoms with Gasteiger partial charge in [0, 0.05) is 20.7 Å². The van der Waals surface area contributed by atoms with Crippen molar-refractivity contribution in [3.05, 3.63) is 51.5 Å². The van der Waals surface area contributed by atoms with Crippen molar-refractivity contribution in [2.45, 2.75) is 6.42 Å². The largest absolute Gasteiger partial charge is 0.504 e. The van der Waals surface area contributed by atoms with E-state index in [-0.39, 0.29) is 11.5 Å². The van der Waals surface area contributed by atoms with E-state index in [1.54, 1.807) is 36.4 Å². The van der Waals surface area contributed by atoms with Gasteiger partial charge in [-0.2, -0.15) is 5.10 Å². The molecule has 0 atom stereocenters. The van der Waals surface area contributed by atoms with Gasteiger partial charge in [-0.05, 0) is 36.4 Å². The first kappa shape index (κ1) is 19.7. The Hall–Kier alpha value is -2.58. The van der Waals surface area contributed by atoms with Crippen molar-refractivity contribution >= 4 is 51.2 Å². The number of rotatable bonds is 6. The molecule has 2 rings (SSSR count). The van der Waals surface area contributed by atoms with Gasteiger partial charge in [0.2, 0.25) is 11.8 Å². The fourth-order valence-corrected chi connectivity index (χ4v) is 2.53. The van der Waals surface area contributed by atoms with E-state index in [2.05, 4.69) is 31.8 Å². The SMILES string of the molecule is COc1cc(Br)cc(/C=N/NC(=O)CC(=O)Nc2ccc(Cl)cc2)c1O. The number of nitrogens with one attached hydrogen (secondary N) is 2. The van der Waals surface area contributed by atoms with Crippen LogP contribution in [0.2, 0.25) is 5.02 Å². The van der Waals surface area contributed by atoms with Gasteiger partial charge in [0.15, 0.2) is 11.5 Å². The first-order chi connectivity index (χ1) is 12.4. The minimum absolute atomic E-state index is 0.116. The molecule has 2 aromatic carbocycles. The first-order valence-electron chi connectivity index (χ1n) is 7.33. The number of amides is 2. The Morgan fingerprint density at radius 3 is 2.62 bits per heavy atom. The number of ether oxygens (including phenoxy) is 1. The summed E-state index contributed by atoms with van der Waals surface area (Å²) in [5, 5.41) is 16.8. The van der Waals surface area contributed by atoms with Crippen LogP contribution in [0.25, 0.3) is 0 Å². The summed E-state index contributed by atoms with van der Waals surface area (Å²) < 4.78 is 5.69. The molecule has 2 aromatic rings. The number of benzene rings is 2. The molecule has 0 fully saturated rings. The number of hydrazone groups is 1. The highest BCUT2D eigenvalue weighted by atomic mass is 79.9. The Labute approximate surface area is 163 Å². The number of carbonyl (C=O) groups is 2. The zero-order valence-electron chi connectivity index (χ0n) is 13.6. The van der Waals surface area contributed by atoms with Crippen LogP contribution in [0, 0.1) is 0 Å². The Morgan fingerprint density at radius 1 is 1.27 bits per heavy atom. The van der Waals surface area contributed by atoms with E-state index < -0.39 is 18.2 Å². The molecule has 136 valence electrons. The Morgan fingerprint density at radius 2 is 1.96 bits per heavy atom. The van der Waals surface area contributed by atoms with Gasteiger partial charge in [0.1, 0.15) is 6.42 Å². The summed E-state index contributed by atoms with van der Waals surface area (Å²) in [5.41, 5.74) is 3.09. The predicted molar refractivity (Wildman–Crippen MR) is 103 cm³/mol. The molecule has 0 unspecified atom stereocenters. The summed E-state index contributed by atoms with van der Waals surface area (Å²) in [6, 6.07) is 9.69. The number of hydrogen-bond donors (Lipinski definition) is 3. The lowest BCUT2D eigenvalue weighted by Gasteiger charge is -2.07. The minimum atomic E-state index is -0.603. The molecule has 3 N–H and O–H groups in total. The van der Waals surface area contributed by atoms with E-state index in [9.17, 15) is 14.7 Å². The number of halogens is 2. The van der Waals surface area contributed by atoms with Crippen LogP contribution in [0.4, 0.5) is 5.69 Å². The number of hydrogen-bond acceptors (Lipinski definition) is 5. The van der Waals surface area contributed by atoms with E-state index in [4.69, 9.17) is 16.3 Å². The van der Waals surface area contributed by atoms with Gasteiger partial charge in [0.25, 0.3) is 0 Å². The second-order valence-electron chi connectivity index (χ2n) is 5.07. The summed E-state index contributed by atoms with van der Waals surface area (Å²) >= 11 is 9.04. The number of phenols is 1. The molecule has 2 amide bonds. The van der Waals surface area contributed by atoms with Crippen LogP contribution in [0.3, 0.4) is 0 Å². The van der Waals surface area contributed by atoms with Crippen LogP contribution in [-0.4, -0.2) is 30.2 Å². The highest BCUT2D eigenvalue weighted by Gasteiger charge is 2.10. The molecule has 0 bridgehead atoms. The average molecular weight is 441 g/mol. The van der Waals surface area contributed by atoms with Crippen LogP contribution < -0.4 is 15.5 Å². The Balaban J connectivity index is 1.90. The third-order valence-electron chi connectivity index (χ3n) is 3.13. The van der Waals surface area contributed by atoms with E-state index in [0.717, 1.165) is 0 Å². The van der Waals surface area contributed by atoms with Crippen molar-refractivity contribution in [1.29, 1.82) is 0 Å². The number of methoxy groups -OCH3 is 1. The molecular weight excluding hydrogens is 426 g/mol. The van der Waals surface area contributed by atoms with Crippen molar-refractivity contribution in [3.8, 4) is 11.5 Å². The summed E-state index contributed by atoms with van der Waals surface area (Å²) in [7, 11) is 1.42. The van der Waals surface area contributed by atoms with Crippen molar-refractivity contribution in [3.63, 3.8) is 0 Å². The van der Waals surface area contributed by atoms with Gasteiger partial charge < -0.3 is 15.2 Å². The number of aromatic hydroxyl groups is 1. The molecule has 9 heteroatoms. The second-order valence-corrected chi connectivity index (χ2v) is 6.42. The molecule has 0 saturated carbocycles. The summed E-state index contributed by atoms with van der Waals surface area (Å²) in [6.07, 6.45) is 0.839. The second kappa shape index (κ2) is 9.21. The number of nitrogens with zero attached hydrogens (tertiary/aromatic N) is 1. The van der Waals surface area contributed by atoms with Crippen LogP contribution >= 0.6 is 27.5 Å². The monoisotopic (exact) mass is 439 g/mol. The molecule has 0 heterocycles. The number of phenolic OH excluding ortho intramolecular Hbond substituents is 1. The van der Waals surface area contributed by atoms with Crippen molar-refractivity contribution in [1.82, 2.24) is 5.43 Å². The van der Waals surface area contributed by atoms with Crippen LogP contribution in [-0.2, 0) is 9.59 Å². The van der Waals surface area contributed by atoms with E-state index in [1.165, 1.54) is 13.3 Å². The molecular formula is C17H15BrClN3O4. The normalized spacial score (nSPS) is 10.6. The molecule has 0 saturated heterocycles. The van der Waals surface area contributed by atoms with Crippen LogP contribution in [0.15, 0.2) is 46.0 Å². The molecule has 0 aromatic heterocycles. The lowest BCUT2D eigenvalue weighted by molar-refractivity contribution is -0.126. The highest BCUT2D eigenvalue weighted by molar-refractivity contribution is 9.10. The third-order valence-corrected chi connectivity index (χ3v) is 3.84. The zero-order chi connectivity index (χ0) is 19.1. The maximum absolute atomic E-state index is 11.8. The van der Waals surface area contributed by atoms with Crippen LogP contribution in [0.5, 0.6) is 11.5 Å². The fraction of sp³-hybridized carbons (Fsp3) is 0.118. The smallest absolute Gasteiger partial charge is 0.249 e. The van der Waals surface area contributed by atoms with Gasteiger partial charge in [-0.3, -0.25) is 9.59 Å². The minimum Gasteiger partial charge on any atom is -0.504 e. The fourth-order valence-electron chi connectivity index (χ4n) is 1.95.